The summed E-state index contributed by atoms with van der Waals surface area (Å²) in [6, 6.07) is 7.96. The summed E-state index contributed by atoms with van der Waals surface area (Å²) < 4.78 is 23.9. The molecule has 0 saturated heterocycles. The summed E-state index contributed by atoms with van der Waals surface area (Å²) in [4.78, 5) is 8.48. The third kappa shape index (κ3) is 2.85. The van der Waals surface area contributed by atoms with Crippen molar-refractivity contribution in [2.75, 3.05) is 19.5 Å². The van der Waals surface area contributed by atoms with E-state index in [-0.39, 0.29) is 5.02 Å². The number of hydrogen-bond donors (Lipinski definition) is 1. The van der Waals surface area contributed by atoms with Crippen LogP contribution in [0.3, 0.4) is 0 Å². The largest absolute Gasteiger partial charge is 0.493 e. The van der Waals surface area contributed by atoms with Crippen LogP contribution in [0.15, 0.2) is 36.7 Å². The monoisotopic (exact) mass is 333 g/mol. The Hall–Kier alpha value is -2.60. The van der Waals surface area contributed by atoms with Crippen LogP contribution < -0.4 is 14.8 Å². The average Bonchev–Trinajstić information content (AvgIpc) is 2.57. The second kappa shape index (κ2) is 6.26. The Balaban J connectivity index is 2.09. The first-order valence-corrected chi connectivity index (χ1v) is 7.09. The topological polar surface area (TPSA) is 56.3 Å². The van der Waals surface area contributed by atoms with Crippen LogP contribution in [0.2, 0.25) is 5.02 Å². The summed E-state index contributed by atoms with van der Waals surface area (Å²) >= 11 is 5.80. The normalized spacial score (nSPS) is 10.6. The molecule has 0 bridgehead atoms. The minimum absolute atomic E-state index is 0.0348. The van der Waals surface area contributed by atoms with Crippen LogP contribution in [0, 0.1) is 5.82 Å². The lowest BCUT2D eigenvalue weighted by Crippen LogP contribution is -1.99. The molecule has 0 aliphatic carbocycles. The van der Waals surface area contributed by atoms with E-state index < -0.39 is 5.82 Å². The number of anilines is 2. The van der Waals surface area contributed by atoms with Crippen LogP contribution in [-0.4, -0.2) is 24.2 Å². The number of fused-ring (bicyclic) bond motifs is 1. The molecule has 3 aromatic rings. The zero-order valence-corrected chi connectivity index (χ0v) is 13.2. The summed E-state index contributed by atoms with van der Waals surface area (Å²) in [6.45, 7) is 0. The summed E-state index contributed by atoms with van der Waals surface area (Å²) in [6.07, 6.45) is 1.41. The Kier molecular flexibility index (Phi) is 4.16. The molecule has 0 atom stereocenters. The van der Waals surface area contributed by atoms with Crippen LogP contribution in [-0.2, 0) is 0 Å². The van der Waals surface area contributed by atoms with E-state index in [0.717, 1.165) is 5.39 Å². The summed E-state index contributed by atoms with van der Waals surface area (Å²) in [5.74, 6) is 1.18. The average molecular weight is 334 g/mol. The van der Waals surface area contributed by atoms with Gasteiger partial charge < -0.3 is 14.8 Å². The van der Waals surface area contributed by atoms with Gasteiger partial charge in [-0.25, -0.2) is 14.4 Å². The van der Waals surface area contributed by atoms with Gasteiger partial charge in [0.25, 0.3) is 0 Å². The minimum Gasteiger partial charge on any atom is -0.493 e. The molecule has 118 valence electrons. The smallest absolute Gasteiger partial charge is 0.187 e. The Morgan fingerprint density at radius 3 is 2.61 bits per heavy atom. The van der Waals surface area contributed by atoms with E-state index in [2.05, 4.69) is 15.3 Å². The van der Waals surface area contributed by atoms with Gasteiger partial charge in [0.15, 0.2) is 11.5 Å². The molecule has 3 rings (SSSR count). The molecule has 2 aromatic carbocycles. The summed E-state index contributed by atoms with van der Waals surface area (Å²) in [7, 11) is 3.11. The van der Waals surface area contributed by atoms with Gasteiger partial charge in [-0.2, -0.15) is 0 Å². The fourth-order valence-corrected chi connectivity index (χ4v) is 2.43. The molecule has 0 fully saturated rings. The van der Waals surface area contributed by atoms with Crippen LogP contribution in [0.5, 0.6) is 11.5 Å². The number of ether oxygens (including phenoxy) is 2. The highest BCUT2D eigenvalue weighted by Crippen LogP contribution is 2.36. The Bertz CT molecular complexity index is 873. The molecule has 0 amide bonds. The molecular formula is C16H13ClFN3O2. The number of methoxy groups -OCH3 is 2. The van der Waals surface area contributed by atoms with Crippen LogP contribution in [0.4, 0.5) is 15.9 Å². The lowest BCUT2D eigenvalue weighted by atomic mass is 10.2. The number of aromatic nitrogens is 2. The Morgan fingerprint density at radius 1 is 1.09 bits per heavy atom. The van der Waals surface area contributed by atoms with E-state index >= 15 is 0 Å². The molecular weight excluding hydrogens is 321 g/mol. The Morgan fingerprint density at radius 2 is 1.91 bits per heavy atom. The van der Waals surface area contributed by atoms with Crippen LogP contribution in [0.1, 0.15) is 0 Å². The highest BCUT2D eigenvalue weighted by molar-refractivity contribution is 6.31. The number of hydrogen-bond acceptors (Lipinski definition) is 5. The molecule has 0 spiro atoms. The first-order chi connectivity index (χ1) is 11.1. The van der Waals surface area contributed by atoms with Gasteiger partial charge >= 0.3 is 0 Å². The first-order valence-electron chi connectivity index (χ1n) is 6.72. The molecule has 0 radical (unpaired) electrons. The third-order valence-electron chi connectivity index (χ3n) is 3.33. The van der Waals surface area contributed by atoms with Crippen molar-refractivity contribution in [1.29, 1.82) is 0 Å². The lowest BCUT2D eigenvalue weighted by molar-refractivity contribution is 0.358. The maximum atomic E-state index is 13.3. The van der Waals surface area contributed by atoms with E-state index in [1.165, 1.54) is 18.5 Å². The molecule has 0 unspecified atom stereocenters. The first kappa shape index (κ1) is 15.3. The molecule has 1 heterocycles. The quantitative estimate of drug-likeness (QED) is 0.776. The van der Waals surface area contributed by atoms with E-state index in [4.69, 9.17) is 21.1 Å². The number of nitrogens with zero attached hydrogens (tertiary/aromatic N) is 2. The number of rotatable bonds is 4. The highest BCUT2D eigenvalue weighted by atomic mass is 35.5. The molecule has 0 aliphatic heterocycles. The van der Waals surface area contributed by atoms with Gasteiger partial charge in [-0.05, 0) is 30.3 Å². The second-order valence-electron chi connectivity index (χ2n) is 4.67. The van der Waals surface area contributed by atoms with Crippen molar-refractivity contribution in [1.82, 2.24) is 9.97 Å². The van der Waals surface area contributed by atoms with Gasteiger partial charge in [-0.1, -0.05) is 11.6 Å². The molecule has 23 heavy (non-hydrogen) atoms. The van der Waals surface area contributed by atoms with Crippen LogP contribution in [0.25, 0.3) is 10.9 Å². The molecule has 1 aromatic heterocycles. The fourth-order valence-electron chi connectivity index (χ4n) is 2.25. The summed E-state index contributed by atoms with van der Waals surface area (Å²) in [5, 5.41) is 3.88. The van der Waals surface area contributed by atoms with Crippen molar-refractivity contribution in [3.8, 4) is 11.5 Å². The second-order valence-corrected chi connectivity index (χ2v) is 5.08. The fraction of sp³-hybridized carbons (Fsp3) is 0.125. The highest BCUT2D eigenvalue weighted by Gasteiger charge is 2.13. The standard InChI is InChI=1S/C16H13ClFN3O2/c1-22-13-6-4-10-14(15(13)23-2)19-8-20-16(10)21-9-3-5-12(18)11(17)7-9/h3-8H,1-2H3,(H,19,20,21). The van der Waals surface area contributed by atoms with Crippen LogP contribution >= 0.6 is 11.6 Å². The predicted molar refractivity (Wildman–Crippen MR) is 87.3 cm³/mol. The molecule has 1 N–H and O–H groups in total. The zero-order valence-electron chi connectivity index (χ0n) is 12.4. The summed E-state index contributed by atoms with van der Waals surface area (Å²) in [5.41, 5.74) is 1.23. The lowest BCUT2D eigenvalue weighted by Gasteiger charge is -2.13. The van der Waals surface area contributed by atoms with Gasteiger partial charge in [0.05, 0.1) is 19.2 Å². The molecule has 0 aliphatic rings. The van der Waals surface area contributed by atoms with Crippen molar-refractivity contribution < 1.29 is 13.9 Å². The van der Waals surface area contributed by atoms with Crippen molar-refractivity contribution in [3.05, 3.63) is 47.5 Å². The molecule has 0 saturated carbocycles. The third-order valence-corrected chi connectivity index (χ3v) is 3.62. The molecule has 5 nitrogen and oxygen atoms in total. The van der Waals surface area contributed by atoms with Gasteiger partial charge in [-0.15, -0.1) is 0 Å². The maximum Gasteiger partial charge on any atom is 0.187 e. The van der Waals surface area contributed by atoms with Crippen molar-refractivity contribution in [2.24, 2.45) is 0 Å². The maximum absolute atomic E-state index is 13.3. The van der Waals surface area contributed by atoms with Gasteiger partial charge in [0, 0.05) is 11.1 Å². The van der Waals surface area contributed by atoms with Crippen molar-refractivity contribution >= 4 is 34.0 Å². The predicted octanol–water partition coefficient (Wildman–Crippen LogP) is 4.18. The van der Waals surface area contributed by atoms with Crippen molar-refractivity contribution in [3.63, 3.8) is 0 Å². The number of nitrogens with one attached hydrogen (secondary N) is 1. The van der Waals surface area contributed by atoms with E-state index in [9.17, 15) is 4.39 Å². The van der Waals surface area contributed by atoms with E-state index in [1.807, 2.05) is 6.07 Å². The minimum atomic E-state index is -0.476. The van der Waals surface area contributed by atoms with E-state index in [1.54, 1.807) is 26.4 Å². The van der Waals surface area contributed by atoms with Gasteiger partial charge in [-0.3, -0.25) is 0 Å². The molecule has 7 heteroatoms. The van der Waals surface area contributed by atoms with Gasteiger partial charge in [0.1, 0.15) is 23.5 Å². The van der Waals surface area contributed by atoms with Crippen molar-refractivity contribution in [2.45, 2.75) is 0 Å². The zero-order chi connectivity index (χ0) is 16.4. The van der Waals surface area contributed by atoms with Gasteiger partial charge in [0.2, 0.25) is 0 Å². The Labute approximate surface area is 137 Å². The number of benzene rings is 2. The SMILES string of the molecule is COc1ccc2c(Nc3ccc(F)c(Cl)c3)ncnc2c1OC. The number of halogens is 2. The van der Waals surface area contributed by atoms with E-state index in [0.29, 0.717) is 28.5 Å².